The maximum Gasteiger partial charge on any atom is 0.324 e. The van der Waals surface area contributed by atoms with E-state index >= 15 is 0 Å². The Morgan fingerprint density at radius 2 is 2.08 bits per heavy atom. The lowest BCUT2D eigenvalue weighted by molar-refractivity contribution is 0.262. The molecule has 8 heteroatoms. The van der Waals surface area contributed by atoms with Crippen molar-refractivity contribution in [1.29, 1.82) is 0 Å². The summed E-state index contributed by atoms with van der Waals surface area (Å²) in [6, 6.07) is 5.51. The summed E-state index contributed by atoms with van der Waals surface area (Å²) in [6.07, 6.45) is 4.06. The van der Waals surface area contributed by atoms with Crippen molar-refractivity contribution >= 4 is 28.1 Å². The Balaban J connectivity index is 1.47. The van der Waals surface area contributed by atoms with Gasteiger partial charge in [0.2, 0.25) is 0 Å². The molecule has 1 aliphatic carbocycles. The van der Waals surface area contributed by atoms with E-state index in [0.717, 1.165) is 22.2 Å². The molecule has 0 bridgehead atoms. The predicted octanol–water partition coefficient (Wildman–Crippen LogP) is 3.86. The number of hydrogen-bond donors (Lipinski definition) is 2. The van der Waals surface area contributed by atoms with Crippen LogP contribution in [0.15, 0.2) is 29.9 Å². The average molecular weight is 354 g/mol. The van der Waals surface area contributed by atoms with E-state index < -0.39 is 0 Å². The first-order chi connectivity index (χ1) is 12.1. The number of aryl methyl sites for hydroxylation is 2. The van der Waals surface area contributed by atoms with Gasteiger partial charge >= 0.3 is 6.03 Å². The molecule has 0 radical (unpaired) electrons. The molecule has 1 aliphatic rings. The number of nitrogens with zero attached hydrogens (tertiary/aromatic N) is 4. The zero-order valence-electron chi connectivity index (χ0n) is 14.0. The van der Waals surface area contributed by atoms with E-state index in [2.05, 4.69) is 31.8 Å². The molecule has 2 amide bonds. The summed E-state index contributed by atoms with van der Waals surface area (Å²) in [4.78, 5) is 20.6. The summed E-state index contributed by atoms with van der Waals surface area (Å²) in [5, 5.41) is 10.8. The minimum atomic E-state index is -0.310. The summed E-state index contributed by atoms with van der Waals surface area (Å²) in [5.41, 5.74) is 5.33. The largest absolute Gasteiger partial charge is 0.324 e. The molecule has 3 aromatic rings. The fourth-order valence-electron chi connectivity index (χ4n) is 2.65. The second-order valence-corrected chi connectivity index (χ2v) is 7.00. The molecule has 1 saturated carbocycles. The van der Waals surface area contributed by atoms with Crippen LogP contribution in [0, 0.1) is 13.8 Å². The summed E-state index contributed by atoms with van der Waals surface area (Å²) in [7, 11) is 0. The van der Waals surface area contributed by atoms with Gasteiger partial charge in [-0.25, -0.2) is 19.4 Å². The number of anilines is 2. The van der Waals surface area contributed by atoms with Crippen molar-refractivity contribution in [3.05, 3.63) is 47.0 Å². The quantitative estimate of drug-likeness (QED) is 0.745. The molecular formula is C17H18N6OS. The van der Waals surface area contributed by atoms with Crippen LogP contribution in [0.4, 0.5) is 15.5 Å². The van der Waals surface area contributed by atoms with Crippen LogP contribution in [0.1, 0.15) is 35.8 Å². The molecule has 0 atom stereocenters. The third-order valence-corrected chi connectivity index (χ3v) is 4.89. The van der Waals surface area contributed by atoms with Crippen LogP contribution in [-0.2, 0) is 0 Å². The molecule has 4 rings (SSSR count). The monoisotopic (exact) mass is 354 g/mol. The first-order valence-electron chi connectivity index (χ1n) is 8.11. The Labute approximate surface area is 149 Å². The van der Waals surface area contributed by atoms with Crippen LogP contribution in [0.25, 0.3) is 5.82 Å². The molecule has 3 heterocycles. The van der Waals surface area contributed by atoms with Gasteiger partial charge in [0.15, 0.2) is 5.82 Å². The SMILES string of the molecule is Cc1cc(C2CC2)n(-c2ccc(NC(=O)Nc3scnc3C)cn2)n1. The molecule has 0 aliphatic heterocycles. The van der Waals surface area contributed by atoms with Gasteiger partial charge in [-0.05, 0) is 44.9 Å². The van der Waals surface area contributed by atoms with Crippen LogP contribution in [0.5, 0.6) is 0 Å². The highest BCUT2D eigenvalue weighted by Crippen LogP contribution is 2.40. The maximum atomic E-state index is 12.1. The number of nitrogens with one attached hydrogen (secondary N) is 2. The molecular weight excluding hydrogens is 336 g/mol. The minimum absolute atomic E-state index is 0.310. The number of pyridine rings is 1. The van der Waals surface area contributed by atoms with Crippen molar-refractivity contribution in [2.45, 2.75) is 32.6 Å². The number of thiazole rings is 1. The molecule has 1 fully saturated rings. The van der Waals surface area contributed by atoms with Crippen LogP contribution in [0.2, 0.25) is 0 Å². The van der Waals surface area contributed by atoms with Crippen LogP contribution >= 0.6 is 11.3 Å². The van der Waals surface area contributed by atoms with Gasteiger partial charge in [0.25, 0.3) is 0 Å². The smallest absolute Gasteiger partial charge is 0.306 e. The van der Waals surface area contributed by atoms with Crippen LogP contribution < -0.4 is 10.6 Å². The molecule has 25 heavy (non-hydrogen) atoms. The molecule has 2 N–H and O–H groups in total. The zero-order chi connectivity index (χ0) is 17.4. The number of carbonyl (C=O) groups excluding carboxylic acids is 1. The van der Waals surface area contributed by atoms with E-state index in [1.807, 2.05) is 30.7 Å². The van der Waals surface area contributed by atoms with Crippen molar-refractivity contribution < 1.29 is 4.79 Å². The van der Waals surface area contributed by atoms with Crippen molar-refractivity contribution in [2.24, 2.45) is 0 Å². The van der Waals surface area contributed by atoms with Gasteiger partial charge in [-0.15, -0.1) is 11.3 Å². The molecule has 3 aromatic heterocycles. The van der Waals surface area contributed by atoms with Gasteiger partial charge in [0.1, 0.15) is 5.00 Å². The maximum absolute atomic E-state index is 12.1. The van der Waals surface area contributed by atoms with Crippen LogP contribution in [0.3, 0.4) is 0 Å². The highest BCUT2D eigenvalue weighted by atomic mass is 32.1. The number of aromatic nitrogens is 4. The van der Waals surface area contributed by atoms with E-state index in [1.165, 1.54) is 29.9 Å². The Kier molecular flexibility index (Phi) is 3.96. The Hall–Kier alpha value is -2.74. The third kappa shape index (κ3) is 3.39. The summed E-state index contributed by atoms with van der Waals surface area (Å²) < 4.78 is 1.90. The number of amides is 2. The van der Waals surface area contributed by atoms with E-state index in [1.54, 1.807) is 11.7 Å². The number of rotatable bonds is 4. The van der Waals surface area contributed by atoms with Gasteiger partial charge in [-0.3, -0.25) is 5.32 Å². The van der Waals surface area contributed by atoms with Gasteiger partial charge < -0.3 is 5.32 Å². The first kappa shape index (κ1) is 15.8. The fourth-order valence-corrected chi connectivity index (χ4v) is 3.34. The predicted molar refractivity (Wildman–Crippen MR) is 97.6 cm³/mol. The van der Waals surface area contributed by atoms with Crippen molar-refractivity contribution in [3.63, 3.8) is 0 Å². The highest BCUT2D eigenvalue weighted by molar-refractivity contribution is 7.14. The van der Waals surface area contributed by atoms with Crippen molar-refractivity contribution in [2.75, 3.05) is 10.6 Å². The van der Waals surface area contributed by atoms with Crippen molar-refractivity contribution in [3.8, 4) is 5.82 Å². The topological polar surface area (TPSA) is 84.7 Å². The Morgan fingerprint density at radius 1 is 1.24 bits per heavy atom. The van der Waals surface area contributed by atoms with E-state index in [4.69, 9.17) is 0 Å². The molecule has 0 aromatic carbocycles. The summed E-state index contributed by atoms with van der Waals surface area (Å²) >= 11 is 1.39. The first-order valence-corrected chi connectivity index (χ1v) is 8.99. The van der Waals surface area contributed by atoms with E-state index in [0.29, 0.717) is 11.6 Å². The van der Waals surface area contributed by atoms with Crippen molar-refractivity contribution in [1.82, 2.24) is 19.7 Å². The van der Waals surface area contributed by atoms with Gasteiger partial charge in [0.05, 0.1) is 28.8 Å². The van der Waals surface area contributed by atoms with Gasteiger partial charge in [0, 0.05) is 11.6 Å². The molecule has 0 spiro atoms. The van der Waals surface area contributed by atoms with Crippen LogP contribution in [-0.4, -0.2) is 25.8 Å². The van der Waals surface area contributed by atoms with Gasteiger partial charge in [-0.1, -0.05) is 0 Å². The number of carbonyl (C=O) groups is 1. The molecule has 0 saturated heterocycles. The van der Waals surface area contributed by atoms with Gasteiger partial charge in [-0.2, -0.15) is 5.10 Å². The highest BCUT2D eigenvalue weighted by Gasteiger charge is 2.28. The second kappa shape index (κ2) is 6.29. The lowest BCUT2D eigenvalue weighted by Gasteiger charge is -2.08. The number of urea groups is 1. The lowest BCUT2D eigenvalue weighted by Crippen LogP contribution is -2.19. The number of hydrogen-bond acceptors (Lipinski definition) is 5. The third-order valence-electron chi connectivity index (χ3n) is 4.05. The molecule has 128 valence electrons. The summed E-state index contributed by atoms with van der Waals surface area (Å²) in [5.74, 6) is 1.36. The Morgan fingerprint density at radius 3 is 2.72 bits per heavy atom. The van der Waals surface area contributed by atoms with E-state index in [-0.39, 0.29) is 6.03 Å². The lowest BCUT2D eigenvalue weighted by atomic mass is 10.2. The molecule has 0 unspecified atom stereocenters. The summed E-state index contributed by atoms with van der Waals surface area (Å²) in [6.45, 7) is 3.84. The standard InChI is InChI=1S/C17H18N6OS/c1-10-7-14(12-3-4-12)23(22-10)15-6-5-13(8-18-15)20-17(24)21-16-11(2)19-9-25-16/h5-9,12H,3-4H2,1-2H3,(H2,20,21,24). The second-order valence-electron chi connectivity index (χ2n) is 6.15. The van der Waals surface area contributed by atoms with E-state index in [9.17, 15) is 4.79 Å². The Bertz CT molecular complexity index is 910. The fraction of sp³-hybridized carbons (Fsp3) is 0.294. The molecule has 7 nitrogen and oxygen atoms in total. The zero-order valence-corrected chi connectivity index (χ0v) is 14.8. The normalized spacial score (nSPS) is 13.7. The average Bonchev–Trinajstić information content (AvgIpc) is 3.26. The minimum Gasteiger partial charge on any atom is -0.306 e.